The van der Waals surface area contributed by atoms with E-state index in [0.717, 1.165) is 0 Å². The van der Waals surface area contributed by atoms with Gasteiger partial charge in [-0.2, -0.15) is 0 Å². The molecule has 1 rings (SSSR count). The second kappa shape index (κ2) is 4.61. The Morgan fingerprint density at radius 3 is 2.56 bits per heavy atom. The third-order valence-electron chi connectivity index (χ3n) is 2.72. The Hall–Kier alpha value is -1.42. The van der Waals surface area contributed by atoms with Crippen LogP contribution in [0.3, 0.4) is 0 Å². The summed E-state index contributed by atoms with van der Waals surface area (Å²) >= 11 is 0. The van der Waals surface area contributed by atoms with Gasteiger partial charge in [-0.05, 0) is 32.0 Å². The lowest BCUT2D eigenvalue weighted by atomic mass is 10.0. The van der Waals surface area contributed by atoms with E-state index in [2.05, 4.69) is 0 Å². The molecule has 0 fully saturated rings. The van der Waals surface area contributed by atoms with Gasteiger partial charge in [-0.25, -0.2) is 4.39 Å². The van der Waals surface area contributed by atoms with E-state index in [1.807, 2.05) is 13.8 Å². The van der Waals surface area contributed by atoms with E-state index in [4.69, 9.17) is 0 Å². The van der Waals surface area contributed by atoms with Crippen LogP contribution in [0.2, 0.25) is 0 Å². The van der Waals surface area contributed by atoms with Gasteiger partial charge in [0.2, 0.25) is 0 Å². The normalized spacial score (nSPS) is 11.3. The number of halogens is 1. The first-order chi connectivity index (χ1) is 7.40. The molecule has 1 aromatic rings. The van der Waals surface area contributed by atoms with Crippen molar-refractivity contribution in [3.63, 3.8) is 0 Å². The minimum Gasteiger partial charge on any atom is -0.394 e. The van der Waals surface area contributed by atoms with E-state index in [9.17, 15) is 14.3 Å². The molecular weight excluding hydrogens is 209 g/mol. The predicted molar refractivity (Wildman–Crippen MR) is 61.4 cm³/mol. The van der Waals surface area contributed by atoms with E-state index in [-0.39, 0.29) is 12.2 Å². The standard InChI is InChI=1S/C12H16FNO2/c1-12(2,8-16)14(3)11-5-9(7-15)4-10(13)6-11/h4-7,16H,8H2,1-3H3. The number of carbonyl (C=O) groups excluding carboxylic acids is 1. The average molecular weight is 225 g/mol. The van der Waals surface area contributed by atoms with Crippen molar-refractivity contribution in [2.75, 3.05) is 18.6 Å². The van der Waals surface area contributed by atoms with Gasteiger partial charge in [-0.1, -0.05) is 0 Å². The molecule has 0 radical (unpaired) electrons. The number of aliphatic hydroxyl groups is 1. The fraction of sp³-hybridized carbons (Fsp3) is 0.417. The molecule has 0 aromatic heterocycles. The van der Waals surface area contributed by atoms with Crippen molar-refractivity contribution < 1.29 is 14.3 Å². The van der Waals surface area contributed by atoms with Crippen LogP contribution in [-0.2, 0) is 0 Å². The first-order valence-electron chi connectivity index (χ1n) is 5.01. The Balaban J connectivity index is 3.13. The molecule has 0 amide bonds. The van der Waals surface area contributed by atoms with Gasteiger partial charge in [0.1, 0.15) is 12.1 Å². The van der Waals surface area contributed by atoms with E-state index >= 15 is 0 Å². The summed E-state index contributed by atoms with van der Waals surface area (Å²) in [7, 11) is 1.75. The van der Waals surface area contributed by atoms with Crippen LogP contribution in [0.4, 0.5) is 10.1 Å². The Morgan fingerprint density at radius 1 is 1.44 bits per heavy atom. The zero-order valence-corrected chi connectivity index (χ0v) is 9.70. The van der Waals surface area contributed by atoms with Crippen LogP contribution < -0.4 is 4.90 Å². The van der Waals surface area contributed by atoms with Gasteiger partial charge >= 0.3 is 0 Å². The lowest BCUT2D eigenvalue weighted by Gasteiger charge is -2.36. The van der Waals surface area contributed by atoms with Gasteiger partial charge in [0.15, 0.2) is 0 Å². The number of hydrogen-bond acceptors (Lipinski definition) is 3. The number of aldehydes is 1. The lowest BCUT2D eigenvalue weighted by Crippen LogP contribution is -2.44. The quantitative estimate of drug-likeness (QED) is 0.795. The van der Waals surface area contributed by atoms with Crippen LogP contribution in [0.15, 0.2) is 18.2 Å². The molecule has 4 heteroatoms. The molecule has 88 valence electrons. The fourth-order valence-electron chi connectivity index (χ4n) is 1.31. The molecule has 0 saturated heterocycles. The zero-order valence-electron chi connectivity index (χ0n) is 9.70. The monoisotopic (exact) mass is 225 g/mol. The van der Waals surface area contributed by atoms with E-state index < -0.39 is 11.4 Å². The van der Waals surface area contributed by atoms with Crippen LogP contribution in [0.25, 0.3) is 0 Å². The summed E-state index contributed by atoms with van der Waals surface area (Å²) < 4.78 is 13.2. The van der Waals surface area contributed by atoms with E-state index in [0.29, 0.717) is 12.0 Å². The summed E-state index contributed by atoms with van der Waals surface area (Å²) in [5.74, 6) is -0.458. The third-order valence-corrected chi connectivity index (χ3v) is 2.72. The predicted octanol–water partition coefficient (Wildman–Crippen LogP) is 1.85. The number of carbonyl (C=O) groups is 1. The Kier molecular flexibility index (Phi) is 3.65. The average Bonchev–Trinajstić information content (AvgIpc) is 2.27. The number of hydrogen-bond donors (Lipinski definition) is 1. The number of rotatable bonds is 4. The van der Waals surface area contributed by atoms with Crippen molar-refractivity contribution >= 4 is 12.0 Å². The zero-order chi connectivity index (χ0) is 12.3. The van der Waals surface area contributed by atoms with Crippen LogP contribution in [-0.4, -0.2) is 30.6 Å². The van der Waals surface area contributed by atoms with Gasteiger partial charge in [0.05, 0.1) is 12.1 Å². The maximum absolute atomic E-state index is 13.2. The number of benzene rings is 1. The number of aliphatic hydroxyl groups excluding tert-OH is 1. The van der Waals surface area contributed by atoms with Crippen LogP contribution >= 0.6 is 0 Å². The molecule has 0 aliphatic carbocycles. The summed E-state index contributed by atoms with van der Waals surface area (Å²) in [6.45, 7) is 3.60. The molecule has 0 atom stereocenters. The maximum atomic E-state index is 13.2. The van der Waals surface area contributed by atoms with Crippen molar-refractivity contribution in [1.29, 1.82) is 0 Å². The number of anilines is 1. The van der Waals surface area contributed by atoms with E-state index in [1.165, 1.54) is 12.1 Å². The molecule has 0 spiro atoms. The first-order valence-corrected chi connectivity index (χ1v) is 5.01. The van der Waals surface area contributed by atoms with Crippen molar-refractivity contribution in [2.24, 2.45) is 0 Å². The molecule has 0 aliphatic rings. The summed E-state index contributed by atoms with van der Waals surface area (Å²) in [6.07, 6.45) is 0.604. The largest absolute Gasteiger partial charge is 0.394 e. The minimum atomic E-state index is -0.506. The van der Waals surface area contributed by atoms with Crippen molar-refractivity contribution in [3.05, 3.63) is 29.6 Å². The van der Waals surface area contributed by atoms with Crippen molar-refractivity contribution in [3.8, 4) is 0 Å². The molecule has 0 heterocycles. The van der Waals surface area contributed by atoms with Crippen LogP contribution in [0.1, 0.15) is 24.2 Å². The summed E-state index contributed by atoms with van der Waals surface area (Å²) in [6, 6.07) is 4.11. The fourth-order valence-corrected chi connectivity index (χ4v) is 1.31. The number of nitrogens with zero attached hydrogens (tertiary/aromatic N) is 1. The minimum absolute atomic E-state index is 0.0591. The molecule has 0 bridgehead atoms. The highest BCUT2D eigenvalue weighted by molar-refractivity contribution is 5.77. The smallest absolute Gasteiger partial charge is 0.150 e. The molecule has 0 unspecified atom stereocenters. The Bertz CT molecular complexity index is 391. The molecule has 1 aromatic carbocycles. The molecule has 3 nitrogen and oxygen atoms in total. The first kappa shape index (κ1) is 12.6. The highest BCUT2D eigenvalue weighted by Crippen LogP contribution is 2.23. The second-order valence-corrected chi connectivity index (χ2v) is 4.39. The third kappa shape index (κ3) is 2.58. The summed E-state index contributed by atoms with van der Waals surface area (Å²) in [5, 5.41) is 9.22. The van der Waals surface area contributed by atoms with Crippen molar-refractivity contribution in [2.45, 2.75) is 19.4 Å². The highest BCUT2D eigenvalue weighted by Gasteiger charge is 2.23. The van der Waals surface area contributed by atoms with Gasteiger partial charge in [0.25, 0.3) is 0 Å². The van der Waals surface area contributed by atoms with Gasteiger partial charge in [-0.15, -0.1) is 0 Å². The Labute approximate surface area is 94.5 Å². The van der Waals surface area contributed by atoms with Gasteiger partial charge in [-0.3, -0.25) is 4.79 Å². The second-order valence-electron chi connectivity index (χ2n) is 4.39. The summed E-state index contributed by atoms with van der Waals surface area (Å²) in [5.41, 5.74) is 0.352. The molecule has 16 heavy (non-hydrogen) atoms. The van der Waals surface area contributed by atoms with Crippen molar-refractivity contribution in [1.82, 2.24) is 0 Å². The van der Waals surface area contributed by atoms with Gasteiger partial charge < -0.3 is 10.0 Å². The molecule has 1 N–H and O–H groups in total. The van der Waals surface area contributed by atoms with Crippen LogP contribution in [0.5, 0.6) is 0 Å². The molecule has 0 saturated carbocycles. The maximum Gasteiger partial charge on any atom is 0.150 e. The number of likely N-dealkylation sites (N-methyl/N-ethyl adjacent to an activating group) is 1. The highest BCUT2D eigenvalue weighted by atomic mass is 19.1. The lowest BCUT2D eigenvalue weighted by molar-refractivity contribution is 0.112. The van der Waals surface area contributed by atoms with Crippen LogP contribution in [0, 0.1) is 5.82 Å². The Morgan fingerprint density at radius 2 is 2.06 bits per heavy atom. The SMILES string of the molecule is CN(c1cc(F)cc(C=O)c1)C(C)(C)CO. The molecular formula is C12H16FNO2. The van der Waals surface area contributed by atoms with Gasteiger partial charge in [0, 0.05) is 18.3 Å². The summed E-state index contributed by atoms with van der Waals surface area (Å²) in [4.78, 5) is 12.4. The van der Waals surface area contributed by atoms with E-state index in [1.54, 1.807) is 18.0 Å². The topological polar surface area (TPSA) is 40.5 Å². The molecule has 0 aliphatic heterocycles.